The Morgan fingerprint density at radius 3 is 2.25 bits per heavy atom. The molecular formula is C4H9CaFO2. The van der Waals surface area contributed by atoms with E-state index in [1.807, 2.05) is 0 Å². The summed E-state index contributed by atoms with van der Waals surface area (Å²) in [6.07, 6.45) is -1.63. The molecule has 46 valence electrons. The van der Waals surface area contributed by atoms with Gasteiger partial charge in [0.1, 0.15) is 0 Å². The fraction of sp³-hybridized carbons (Fsp3) is 0.750. The summed E-state index contributed by atoms with van der Waals surface area (Å²) in [5, 5.41) is 7.81. The van der Waals surface area contributed by atoms with E-state index in [9.17, 15) is 9.18 Å². The molecule has 8 heavy (non-hydrogen) atoms. The summed E-state index contributed by atoms with van der Waals surface area (Å²) in [6, 6.07) is 0. The number of hydrogen-bond acceptors (Lipinski definition) is 1. The van der Waals surface area contributed by atoms with Crippen LogP contribution in [0.15, 0.2) is 0 Å². The molecule has 0 spiro atoms. The number of halogens is 1. The molecule has 0 aromatic heterocycles. The van der Waals surface area contributed by atoms with Gasteiger partial charge in [-0.05, 0) is 6.42 Å². The van der Waals surface area contributed by atoms with Crippen LogP contribution in [-0.2, 0) is 4.79 Å². The minimum atomic E-state index is -1.68. The third-order valence-electron chi connectivity index (χ3n) is 0.626. The zero-order chi connectivity index (χ0) is 5.86. The number of aliphatic carboxylic acids is 1. The van der Waals surface area contributed by atoms with Crippen LogP contribution in [0.2, 0.25) is 0 Å². The molecule has 1 atom stereocenters. The van der Waals surface area contributed by atoms with Gasteiger partial charge < -0.3 is 5.11 Å². The second-order valence-electron chi connectivity index (χ2n) is 1.21. The predicted octanol–water partition coefficient (Wildman–Crippen LogP) is -0.0971. The van der Waals surface area contributed by atoms with E-state index in [0.29, 0.717) is 0 Å². The normalized spacial score (nSPS) is 11.8. The van der Waals surface area contributed by atoms with Crippen LogP contribution < -0.4 is 0 Å². The Hall–Kier alpha value is 0.660. The fourth-order valence-electron chi connectivity index (χ4n) is 0.175. The molecule has 4 heteroatoms. The summed E-state index contributed by atoms with van der Waals surface area (Å²) >= 11 is 0. The second kappa shape index (κ2) is 5.79. The molecule has 0 amide bonds. The Kier molecular flexibility index (Phi) is 8.29. The minimum absolute atomic E-state index is 0. The van der Waals surface area contributed by atoms with Crippen molar-refractivity contribution in [3.8, 4) is 0 Å². The Bertz CT molecular complexity index is 76.4. The summed E-state index contributed by atoms with van der Waals surface area (Å²) in [7, 11) is 0. The molecule has 0 aromatic rings. The Balaban J connectivity index is 0. The van der Waals surface area contributed by atoms with Gasteiger partial charge in [0.25, 0.3) is 0 Å². The van der Waals surface area contributed by atoms with Crippen molar-refractivity contribution in [2.75, 3.05) is 0 Å². The number of carboxylic acids is 1. The maximum absolute atomic E-state index is 11.7. The first-order valence-electron chi connectivity index (χ1n) is 2.05. The molecule has 0 aliphatic rings. The van der Waals surface area contributed by atoms with Crippen LogP contribution in [-0.4, -0.2) is 55.0 Å². The average Bonchev–Trinajstić information content (AvgIpc) is 1.65. The quantitative estimate of drug-likeness (QED) is 0.555. The molecule has 0 bridgehead atoms. The number of rotatable bonds is 2. The van der Waals surface area contributed by atoms with Crippen molar-refractivity contribution in [2.24, 2.45) is 0 Å². The molecule has 0 aromatic carbocycles. The monoisotopic (exact) mass is 148 g/mol. The van der Waals surface area contributed by atoms with Crippen molar-refractivity contribution >= 4 is 43.7 Å². The van der Waals surface area contributed by atoms with E-state index in [1.54, 1.807) is 0 Å². The van der Waals surface area contributed by atoms with Crippen molar-refractivity contribution < 1.29 is 14.3 Å². The molecule has 0 heterocycles. The van der Waals surface area contributed by atoms with Crippen LogP contribution in [0.25, 0.3) is 0 Å². The van der Waals surface area contributed by atoms with Gasteiger partial charge in [-0.15, -0.1) is 0 Å². The maximum atomic E-state index is 11.7. The van der Waals surface area contributed by atoms with E-state index in [2.05, 4.69) is 0 Å². The molecule has 0 fully saturated rings. The Morgan fingerprint density at radius 2 is 2.25 bits per heavy atom. The summed E-state index contributed by atoms with van der Waals surface area (Å²) < 4.78 is 11.7. The van der Waals surface area contributed by atoms with E-state index < -0.39 is 12.1 Å². The van der Waals surface area contributed by atoms with E-state index in [0.717, 1.165) is 0 Å². The first-order chi connectivity index (χ1) is 3.18. The molecule has 0 radical (unpaired) electrons. The van der Waals surface area contributed by atoms with Crippen LogP contribution in [0.4, 0.5) is 4.39 Å². The van der Waals surface area contributed by atoms with Crippen molar-refractivity contribution in [2.45, 2.75) is 19.5 Å². The molecule has 0 rings (SSSR count). The molecular weight excluding hydrogens is 139 g/mol. The summed E-state index contributed by atoms with van der Waals surface area (Å²) in [5.74, 6) is -1.37. The van der Waals surface area contributed by atoms with Gasteiger partial charge in [0, 0.05) is 0 Å². The van der Waals surface area contributed by atoms with E-state index >= 15 is 0 Å². The van der Waals surface area contributed by atoms with Gasteiger partial charge in [-0.3, -0.25) is 0 Å². The van der Waals surface area contributed by atoms with Gasteiger partial charge >= 0.3 is 43.7 Å². The fourth-order valence-corrected chi connectivity index (χ4v) is 0.175. The molecule has 0 saturated carbocycles. The van der Waals surface area contributed by atoms with E-state index in [-0.39, 0.29) is 44.2 Å². The standard InChI is InChI=1S/C4H7FO2.Ca.2H/c1-2-3(5)4(6)7;;;/h3H,2H2,1H3,(H,6,7);;;. The van der Waals surface area contributed by atoms with E-state index in [4.69, 9.17) is 5.11 Å². The topological polar surface area (TPSA) is 37.3 Å². The zero-order valence-electron chi connectivity index (χ0n) is 4.02. The predicted molar refractivity (Wildman–Crippen MR) is 31.4 cm³/mol. The third kappa shape index (κ3) is 4.81. The van der Waals surface area contributed by atoms with Gasteiger partial charge in [-0.25, -0.2) is 9.18 Å². The van der Waals surface area contributed by atoms with Crippen LogP contribution in [0.5, 0.6) is 0 Å². The Morgan fingerprint density at radius 1 is 1.88 bits per heavy atom. The van der Waals surface area contributed by atoms with Crippen LogP contribution >= 0.6 is 0 Å². The molecule has 0 aliphatic heterocycles. The number of carbonyl (C=O) groups is 1. The zero-order valence-corrected chi connectivity index (χ0v) is 4.02. The van der Waals surface area contributed by atoms with Gasteiger partial charge in [0.15, 0.2) is 6.17 Å². The van der Waals surface area contributed by atoms with Crippen molar-refractivity contribution in [3.05, 3.63) is 0 Å². The van der Waals surface area contributed by atoms with Crippen LogP contribution in [0.3, 0.4) is 0 Å². The summed E-state index contributed by atoms with van der Waals surface area (Å²) in [6.45, 7) is 1.48. The van der Waals surface area contributed by atoms with Gasteiger partial charge in [0.05, 0.1) is 0 Å². The van der Waals surface area contributed by atoms with Crippen molar-refractivity contribution in [1.29, 1.82) is 0 Å². The molecule has 1 unspecified atom stereocenters. The van der Waals surface area contributed by atoms with Crippen molar-refractivity contribution in [3.63, 3.8) is 0 Å². The molecule has 1 N–H and O–H groups in total. The van der Waals surface area contributed by atoms with E-state index in [1.165, 1.54) is 6.92 Å². The van der Waals surface area contributed by atoms with Gasteiger partial charge in [-0.1, -0.05) is 6.92 Å². The van der Waals surface area contributed by atoms with Crippen molar-refractivity contribution in [1.82, 2.24) is 0 Å². The third-order valence-corrected chi connectivity index (χ3v) is 0.626. The number of carboxylic acid groups (broad SMARTS) is 1. The average molecular weight is 148 g/mol. The van der Waals surface area contributed by atoms with Crippen LogP contribution in [0, 0.1) is 0 Å². The Labute approximate surface area is 77.1 Å². The van der Waals surface area contributed by atoms with Gasteiger partial charge in [-0.2, -0.15) is 0 Å². The SMILES string of the molecule is CCC(F)C(=O)O.[CaH2]. The van der Waals surface area contributed by atoms with Gasteiger partial charge in [0.2, 0.25) is 0 Å². The van der Waals surface area contributed by atoms with Crippen LogP contribution in [0.1, 0.15) is 13.3 Å². The summed E-state index contributed by atoms with van der Waals surface area (Å²) in [4.78, 5) is 9.56. The first-order valence-corrected chi connectivity index (χ1v) is 2.05. The second-order valence-corrected chi connectivity index (χ2v) is 1.21. The first kappa shape index (κ1) is 11.5. The molecule has 0 aliphatic carbocycles. The number of hydrogen-bond donors (Lipinski definition) is 1. The molecule has 0 saturated heterocycles. The molecule has 2 nitrogen and oxygen atoms in total. The number of alkyl halides is 1. The summed E-state index contributed by atoms with van der Waals surface area (Å²) in [5.41, 5.74) is 0.